The molecular weight excluding hydrogens is 332 g/mol. The first-order chi connectivity index (χ1) is 12.5. The Morgan fingerprint density at radius 3 is 2.88 bits per heavy atom. The second-order valence-electron chi connectivity index (χ2n) is 6.89. The lowest BCUT2D eigenvalue weighted by Crippen LogP contribution is -2.31. The Morgan fingerprint density at radius 2 is 2.19 bits per heavy atom. The van der Waals surface area contributed by atoms with E-state index < -0.39 is 0 Å². The first-order valence-electron chi connectivity index (χ1n) is 8.77. The number of rotatable bonds is 4. The molecule has 0 saturated carbocycles. The number of carbonyl (C=O) groups is 1. The van der Waals surface area contributed by atoms with Crippen molar-refractivity contribution in [1.82, 2.24) is 29.6 Å². The SMILES string of the molecule is Cc1cnn(Cc2cc(C(=O)N3CCCC3c3cn(C)nc3C)no2)c1. The number of amides is 1. The van der Waals surface area contributed by atoms with Crippen molar-refractivity contribution in [1.29, 1.82) is 0 Å². The Kier molecular flexibility index (Phi) is 4.10. The van der Waals surface area contributed by atoms with Gasteiger partial charge >= 0.3 is 0 Å². The zero-order chi connectivity index (χ0) is 18.3. The second kappa shape index (κ2) is 6.44. The van der Waals surface area contributed by atoms with Crippen LogP contribution >= 0.6 is 0 Å². The molecule has 3 aromatic heterocycles. The van der Waals surface area contributed by atoms with Crippen molar-refractivity contribution >= 4 is 5.91 Å². The van der Waals surface area contributed by atoms with Gasteiger partial charge < -0.3 is 9.42 Å². The van der Waals surface area contributed by atoms with Crippen LogP contribution in [-0.2, 0) is 13.6 Å². The van der Waals surface area contributed by atoms with Gasteiger partial charge in [-0.3, -0.25) is 14.2 Å². The van der Waals surface area contributed by atoms with Crippen LogP contribution in [0, 0.1) is 13.8 Å². The summed E-state index contributed by atoms with van der Waals surface area (Å²) in [4.78, 5) is 14.9. The highest BCUT2D eigenvalue weighted by Crippen LogP contribution is 2.34. The maximum Gasteiger partial charge on any atom is 0.276 e. The van der Waals surface area contributed by atoms with Gasteiger partial charge in [0.05, 0.1) is 17.9 Å². The average molecular weight is 354 g/mol. The van der Waals surface area contributed by atoms with Gasteiger partial charge in [0.15, 0.2) is 11.5 Å². The summed E-state index contributed by atoms with van der Waals surface area (Å²) in [6, 6.07) is 1.76. The molecule has 3 aromatic rings. The first kappa shape index (κ1) is 16.6. The smallest absolute Gasteiger partial charge is 0.276 e. The molecule has 0 spiro atoms. The third-order valence-corrected chi connectivity index (χ3v) is 4.78. The first-order valence-corrected chi connectivity index (χ1v) is 8.77. The van der Waals surface area contributed by atoms with Crippen molar-refractivity contribution in [2.45, 2.75) is 39.3 Å². The fourth-order valence-corrected chi connectivity index (χ4v) is 3.63. The molecule has 1 unspecified atom stereocenters. The summed E-state index contributed by atoms with van der Waals surface area (Å²) >= 11 is 0. The van der Waals surface area contributed by atoms with E-state index in [-0.39, 0.29) is 11.9 Å². The highest BCUT2D eigenvalue weighted by molar-refractivity contribution is 5.92. The van der Waals surface area contributed by atoms with Gasteiger partial charge in [0, 0.05) is 37.6 Å². The molecule has 4 rings (SSSR count). The Balaban J connectivity index is 1.52. The molecule has 1 fully saturated rings. The summed E-state index contributed by atoms with van der Waals surface area (Å²) < 4.78 is 8.92. The van der Waals surface area contributed by atoms with Crippen LogP contribution in [0.4, 0.5) is 0 Å². The van der Waals surface area contributed by atoms with Gasteiger partial charge in [0.25, 0.3) is 5.91 Å². The third-order valence-electron chi connectivity index (χ3n) is 4.78. The molecule has 0 radical (unpaired) electrons. The predicted molar refractivity (Wildman–Crippen MR) is 93.5 cm³/mol. The van der Waals surface area contributed by atoms with Gasteiger partial charge in [-0.1, -0.05) is 5.16 Å². The third kappa shape index (κ3) is 3.02. The lowest BCUT2D eigenvalue weighted by molar-refractivity contribution is 0.0724. The molecule has 1 amide bonds. The zero-order valence-corrected chi connectivity index (χ0v) is 15.2. The number of aromatic nitrogens is 5. The summed E-state index contributed by atoms with van der Waals surface area (Å²) in [6.45, 7) is 5.14. The van der Waals surface area contributed by atoms with Crippen molar-refractivity contribution in [2.24, 2.45) is 7.05 Å². The number of hydrogen-bond acceptors (Lipinski definition) is 5. The molecule has 0 aliphatic carbocycles. The van der Waals surface area contributed by atoms with Crippen LogP contribution in [-0.4, -0.2) is 42.1 Å². The van der Waals surface area contributed by atoms with E-state index in [1.165, 1.54) is 0 Å². The molecule has 26 heavy (non-hydrogen) atoms. The lowest BCUT2D eigenvalue weighted by atomic mass is 10.1. The Hall–Kier alpha value is -2.90. The van der Waals surface area contributed by atoms with E-state index in [2.05, 4.69) is 15.4 Å². The molecule has 0 N–H and O–H groups in total. The molecule has 1 aliphatic rings. The fraction of sp³-hybridized carbons (Fsp3) is 0.444. The Labute approximate surface area is 151 Å². The van der Waals surface area contributed by atoms with Crippen molar-refractivity contribution in [3.05, 3.63) is 52.9 Å². The van der Waals surface area contributed by atoms with Gasteiger partial charge in [0.1, 0.15) is 6.54 Å². The highest BCUT2D eigenvalue weighted by atomic mass is 16.5. The standard InChI is InChI=1S/C18H22N6O2/c1-12-8-19-23(9-12)10-14-7-16(21-26-14)18(25)24-6-4-5-17(24)15-11-22(3)20-13(15)2/h7-9,11,17H,4-6,10H2,1-3H3. The van der Waals surface area contributed by atoms with E-state index in [4.69, 9.17) is 4.52 Å². The number of nitrogens with zero attached hydrogens (tertiary/aromatic N) is 6. The summed E-state index contributed by atoms with van der Waals surface area (Å²) in [5.74, 6) is 0.521. The molecule has 1 saturated heterocycles. The summed E-state index contributed by atoms with van der Waals surface area (Å²) in [5, 5.41) is 12.6. The van der Waals surface area contributed by atoms with Crippen LogP contribution in [0.15, 0.2) is 29.2 Å². The average Bonchev–Trinajstić information content (AvgIpc) is 3.35. The van der Waals surface area contributed by atoms with Crippen LogP contribution in [0.5, 0.6) is 0 Å². The zero-order valence-electron chi connectivity index (χ0n) is 15.2. The molecule has 8 nitrogen and oxygen atoms in total. The van der Waals surface area contributed by atoms with Crippen LogP contribution < -0.4 is 0 Å². The molecule has 8 heteroatoms. The lowest BCUT2D eigenvalue weighted by Gasteiger charge is -2.23. The number of aryl methyl sites for hydroxylation is 3. The molecular formula is C18H22N6O2. The van der Waals surface area contributed by atoms with Gasteiger partial charge in [-0.25, -0.2) is 0 Å². The van der Waals surface area contributed by atoms with Crippen LogP contribution in [0.1, 0.15) is 52.0 Å². The molecule has 1 atom stereocenters. The normalized spacial score (nSPS) is 17.2. The minimum atomic E-state index is -0.0950. The van der Waals surface area contributed by atoms with Gasteiger partial charge in [-0.05, 0) is 32.3 Å². The number of likely N-dealkylation sites (tertiary alicyclic amines) is 1. The quantitative estimate of drug-likeness (QED) is 0.718. The minimum absolute atomic E-state index is 0.0464. The van der Waals surface area contributed by atoms with Gasteiger partial charge in [-0.15, -0.1) is 0 Å². The summed E-state index contributed by atoms with van der Waals surface area (Å²) in [7, 11) is 1.90. The fourth-order valence-electron chi connectivity index (χ4n) is 3.63. The van der Waals surface area contributed by atoms with Crippen LogP contribution in [0.2, 0.25) is 0 Å². The highest BCUT2D eigenvalue weighted by Gasteiger charge is 2.33. The largest absolute Gasteiger partial charge is 0.359 e. The molecule has 0 aromatic carbocycles. The maximum absolute atomic E-state index is 13.0. The Bertz CT molecular complexity index is 937. The van der Waals surface area contributed by atoms with E-state index in [1.807, 2.05) is 38.2 Å². The van der Waals surface area contributed by atoms with Gasteiger partial charge in [0.2, 0.25) is 0 Å². The summed E-state index contributed by atoms with van der Waals surface area (Å²) in [5.41, 5.74) is 3.49. The monoisotopic (exact) mass is 354 g/mol. The number of carbonyl (C=O) groups excluding carboxylic acids is 1. The van der Waals surface area contributed by atoms with Crippen molar-refractivity contribution in [2.75, 3.05) is 6.54 Å². The topological polar surface area (TPSA) is 82.0 Å². The minimum Gasteiger partial charge on any atom is -0.359 e. The molecule has 4 heterocycles. The van der Waals surface area contributed by atoms with Crippen molar-refractivity contribution in [3.63, 3.8) is 0 Å². The van der Waals surface area contributed by atoms with Crippen molar-refractivity contribution < 1.29 is 9.32 Å². The van der Waals surface area contributed by atoms with E-state index >= 15 is 0 Å². The second-order valence-corrected chi connectivity index (χ2v) is 6.89. The van der Waals surface area contributed by atoms with E-state index in [0.29, 0.717) is 18.0 Å². The van der Waals surface area contributed by atoms with Crippen molar-refractivity contribution in [3.8, 4) is 0 Å². The van der Waals surface area contributed by atoms with Crippen LogP contribution in [0.25, 0.3) is 0 Å². The molecule has 1 aliphatic heterocycles. The summed E-state index contributed by atoms with van der Waals surface area (Å²) in [6.07, 6.45) is 7.62. The van der Waals surface area contributed by atoms with Crippen LogP contribution in [0.3, 0.4) is 0 Å². The predicted octanol–water partition coefficient (Wildman–Crippen LogP) is 2.25. The maximum atomic E-state index is 13.0. The van der Waals surface area contributed by atoms with E-state index in [9.17, 15) is 4.79 Å². The van der Waals surface area contributed by atoms with Gasteiger partial charge in [-0.2, -0.15) is 10.2 Å². The van der Waals surface area contributed by atoms with E-state index in [1.54, 1.807) is 21.6 Å². The number of hydrogen-bond donors (Lipinski definition) is 0. The van der Waals surface area contributed by atoms with E-state index in [0.717, 1.165) is 36.2 Å². The molecule has 136 valence electrons. The molecule has 0 bridgehead atoms. The Morgan fingerprint density at radius 1 is 1.35 bits per heavy atom.